The number of carbonyl (C=O) groups is 2. The Bertz CT molecular complexity index is 170. The molecule has 2 amide bonds. The summed E-state index contributed by atoms with van der Waals surface area (Å²) >= 11 is 0. The van der Waals surface area contributed by atoms with Gasteiger partial charge in [-0.3, -0.25) is 9.59 Å². The smallest absolute Gasteiger partial charge is 0.246 e. The van der Waals surface area contributed by atoms with Crippen LogP contribution >= 0.6 is 0 Å². The van der Waals surface area contributed by atoms with Gasteiger partial charge in [0.1, 0.15) is 12.6 Å². The van der Waals surface area contributed by atoms with Crippen LogP contribution in [-0.4, -0.2) is 31.1 Å². The van der Waals surface area contributed by atoms with Gasteiger partial charge in [-0.2, -0.15) is 0 Å². The van der Waals surface area contributed by atoms with E-state index < -0.39 is 11.9 Å². The summed E-state index contributed by atoms with van der Waals surface area (Å²) in [5, 5.41) is 2.38. The van der Waals surface area contributed by atoms with Gasteiger partial charge in [0.2, 0.25) is 11.8 Å². The number of hydrogen-bond donors (Lipinski definition) is 2. The molecule has 0 aliphatic rings. The molecule has 0 radical (unpaired) electrons. The lowest BCUT2D eigenvalue weighted by Crippen LogP contribution is -2.43. The number of rotatable bonds is 5. The highest BCUT2D eigenvalue weighted by Gasteiger charge is 2.11. The van der Waals surface area contributed by atoms with Gasteiger partial charge in [-0.25, -0.2) is 0 Å². The fourth-order valence-corrected chi connectivity index (χ4v) is 0.549. The predicted molar refractivity (Wildman–Crippen MR) is 43.3 cm³/mol. The van der Waals surface area contributed by atoms with Crippen LogP contribution in [0.5, 0.6) is 0 Å². The third-order valence-corrected chi connectivity index (χ3v) is 1.24. The first kappa shape index (κ1) is 10.9. The molecule has 70 valence electrons. The van der Waals surface area contributed by atoms with Gasteiger partial charge in [-0.05, 0) is 13.8 Å². The summed E-state index contributed by atoms with van der Waals surface area (Å²) in [5.74, 6) is -0.886. The molecule has 0 bridgehead atoms. The average molecular weight is 174 g/mol. The molecule has 0 heterocycles. The summed E-state index contributed by atoms with van der Waals surface area (Å²) in [6.07, 6.45) is 0. The second-order valence-corrected chi connectivity index (χ2v) is 2.33. The quantitative estimate of drug-likeness (QED) is 0.561. The van der Waals surface area contributed by atoms with E-state index in [-0.39, 0.29) is 12.5 Å². The zero-order valence-corrected chi connectivity index (χ0v) is 7.29. The Labute approximate surface area is 71.3 Å². The first-order chi connectivity index (χ1) is 5.57. The summed E-state index contributed by atoms with van der Waals surface area (Å²) in [5.41, 5.74) is 4.92. The van der Waals surface area contributed by atoms with E-state index in [4.69, 9.17) is 10.5 Å². The molecule has 0 aliphatic heterocycles. The largest absolute Gasteiger partial charge is 0.372 e. The van der Waals surface area contributed by atoms with Crippen LogP contribution in [0.15, 0.2) is 0 Å². The maximum atomic E-state index is 10.9. The van der Waals surface area contributed by atoms with Crippen LogP contribution in [0, 0.1) is 0 Å². The molecule has 0 fully saturated rings. The lowest BCUT2D eigenvalue weighted by molar-refractivity contribution is -0.129. The second kappa shape index (κ2) is 5.54. The van der Waals surface area contributed by atoms with E-state index >= 15 is 0 Å². The molecule has 0 rings (SSSR count). The summed E-state index contributed by atoms with van der Waals surface area (Å²) in [7, 11) is 0. The van der Waals surface area contributed by atoms with Gasteiger partial charge in [0.25, 0.3) is 0 Å². The molecule has 5 nitrogen and oxygen atoms in total. The molecule has 5 heteroatoms. The normalized spacial score (nSPS) is 12.2. The Morgan fingerprint density at radius 1 is 1.58 bits per heavy atom. The molecular weight excluding hydrogens is 160 g/mol. The molecule has 0 saturated heterocycles. The van der Waals surface area contributed by atoms with Crippen LogP contribution in [0.4, 0.5) is 0 Å². The van der Waals surface area contributed by atoms with E-state index in [1.165, 1.54) is 6.92 Å². The number of primary amides is 1. The standard InChI is InChI=1S/C7H14N2O3/c1-3-12-4-6(10)9-5(2)7(8)11/h5H,3-4H2,1-2H3,(H2,8,11)(H,9,10)/t5-/m0/s1. The minimum absolute atomic E-state index is 0.0336. The van der Waals surface area contributed by atoms with Crippen LogP contribution in [0.3, 0.4) is 0 Å². The Kier molecular flexibility index (Phi) is 5.03. The molecule has 0 aromatic rings. The number of ether oxygens (including phenoxy) is 1. The molecule has 1 atom stereocenters. The fourth-order valence-electron chi connectivity index (χ4n) is 0.549. The summed E-state index contributed by atoms with van der Waals surface area (Å²) in [6, 6.07) is -0.641. The maximum absolute atomic E-state index is 10.9. The van der Waals surface area contributed by atoms with Crippen molar-refractivity contribution in [2.75, 3.05) is 13.2 Å². The van der Waals surface area contributed by atoms with Crippen molar-refractivity contribution in [1.29, 1.82) is 0 Å². The zero-order valence-electron chi connectivity index (χ0n) is 7.29. The molecule has 0 aliphatic carbocycles. The molecule has 0 spiro atoms. The minimum atomic E-state index is -0.641. The van der Waals surface area contributed by atoms with Gasteiger partial charge in [0.05, 0.1) is 0 Å². The third-order valence-electron chi connectivity index (χ3n) is 1.24. The van der Waals surface area contributed by atoms with Crippen LogP contribution < -0.4 is 11.1 Å². The number of nitrogens with two attached hydrogens (primary N) is 1. The van der Waals surface area contributed by atoms with Crippen molar-refractivity contribution in [3.8, 4) is 0 Å². The van der Waals surface area contributed by atoms with Crippen LogP contribution in [-0.2, 0) is 14.3 Å². The number of amides is 2. The van der Waals surface area contributed by atoms with E-state index in [0.29, 0.717) is 6.61 Å². The molecule has 0 unspecified atom stereocenters. The highest BCUT2D eigenvalue weighted by molar-refractivity contribution is 5.86. The number of hydrogen-bond acceptors (Lipinski definition) is 3. The third kappa shape index (κ3) is 4.68. The Morgan fingerprint density at radius 3 is 2.58 bits per heavy atom. The second-order valence-electron chi connectivity index (χ2n) is 2.33. The molecule has 12 heavy (non-hydrogen) atoms. The highest BCUT2D eigenvalue weighted by Crippen LogP contribution is 1.80. The van der Waals surface area contributed by atoms with Gasteiger partial charge in [-0.15, -0.1) is 0 Å². The zero-order chi connectivity index (χ0) is 9.56. The van der Waals surface area contributed by atoms with Gasteiger partial charge < -0.3 is 15.8 Å². The van der Waals surface area contributed by atoms with Crippen molar-refractivity contribution < 1.29 is 14.3 Å². The lowest BCUT2D eigenvalue weighted by Gasteiger charge is -2.09. The van der Waals surface area contributed by atoms with Gasteiger partial charge in [0, 0.05) is 6.61 Å². The first-order valence-electron chi connectivity index (χ1n) is 3.74. The van der Waals surface area contributed by atoms with E-state index in [1.807, 2.05) is 0 Å². The minimum Gasteiger partial charge on any atom is -0.372 e. The Balaban J connectivity index is 3.61. The fraction of sp³-hybridized carbons (Fsp3) is 0.714. The Hall–Kier alpha value is -1.10. The molecule has 0 saturated carbocycles. The summed E-state index contributed by atoms with van der Waals surface area (Å²) in [6.45, 7) is 3.74. The summed E-state index contributed by atoms with van der Waals surface area (Å²) in [4.78, 5) is 21.3. The van der Waals surface area contributed by atoms with E-state index in [9.17, 15) is 9.59 Å². The molecule has 3 N–H and O–H groups in total. The average Bonchev–Trinajstić information content (AvgIpc) is 2.00. The van der Waals surface area contributed by atoms with Gasteiger partial charge in [0.15, 0.2) is 0 Å². The van der Waals surface area contributed by atoms with Crippen molar-refractivity contribution in [3.05, 3.63) is 0 Å². The van der Waals surface area contributed by atoms with Crippen molar-refractivity contribution in [2.45, 2.75) is 19.9 Å². The topological polar surface area (TPSA) is 81.4 Å². The summed E-state index contributed by atoms with van der Waals surface area (Å²) < 4.78 is 4.81. The van der Waals surface area contributed by atoms with Gasteiger partial charge in [-0.1, -0.05) is 0 Å². The van der Waals surface area contributed by atoms with E-state index in [0.717, 1.165) is 0 Å². The van der Waals surface area contributed by atoms with Crippen molar-refractivity contribution in [2.24, 2.45) is 5.73 Å². The first-order valence-corrected chi connectivity index (χ1v) is 3.74. The molecule has 0 aromatic heterocycles. The van der Waals surface area contributed by atoms with Crippen LogP contribution in [0.2, 0.25) is 0 Å². The predicted octanol–water partition coefficient (Wildman–Crippen LogP) is -0.987. The Morgan fingerprint density at radius 2 is 2.17 bits per heavy atom. The van der Waals surface area contributed by atoms with Crippen molar-refractivity contribution in [3.63, 3.8) is 0 Å². The maximum Gasteiger partial charge on any atom is 0.246 e. The van der Waals surface area contributed by atoms with Crippen molar-refractivity contribution in [1.82, 2.24) is 5.32 Å². The lowest BCUT2D eigenvalue weighted by atomic mass is 10.3. The van der Waals surface area contributed by atoms with Crippen LogP contribution in [0.1, 0.15) is 13.8 Å². The van der Waals surface area contributed by atoms with E-state index in [1.54, 1.807) is 6.92 Å². The van der Waals surface area contributed by atoms with Crippen molar-refractivity contribution >= 4 is 11.8 Å². The van der Waals surface area contributed by atoms with Gasteiger partial charge >= 0.3 is 0 Å². The van der Waals surface area contributed by atoms with Crippen LogP contribution in [0.25, 0.3) is 0 Å². The number of nitrogens with one attached hydrogen (secondary N) is 1. The number of carbonyl (C=O) groups excluding carboxylic acids is 2. The molecular formula is C7H14N2O3. The van der Waals surface area contributed by atoms with E-state index in [2.05, 4.69) is 5.32 Å². The molecule has 0 aromatic carbocycles. The highest BCUT2D eigenvalue weighted by atomic mass is 16.5. The SMILES string of the molecule is CCOCC(=O)N[C@@H](C)C(N)=O. The monoisotopic (exact) mass is 174 g/mol.